The highest BCUT2D eigenvalue weighted by Gasteiger charge is 2.44. The largest absolute Gasteiger partial charge is 0.346 e. The van der Waals surface area contributed by atoms with Crippen molar-refractivity contribution < 1.29 is 14.4 Å². The molecule has 1 heterocycles. The average Bonchev–Trinajstić information content (AvgIpc) is 2.66. The molecule has 0 aliphatic heterocycles. The van der Waals surface area contributed by atoms with E-state index >= 15 is 0 Å². The molecule has 0 aliphatic rings. The number of hydrogen-bond acceptors (Lipinski definition) is 3. The lowest BCUT2D eigenvalue weighted by atomic mass is 9.70. The molecule has 0 saturated heterocycles. The van der Waals surface area contributed by atoms with Crippen molar-refractivity contribution in [1.82, 2.24) is 4.57 Å². The number of Topliss-reactive ketones (excluding diaryl/α,β-unsaturated/α-hetero) is 3. The molecule has 19 heavy (non-hydrogen) atoms. The Hall–Kier alpha value is -1.71. The fraction of sp³-hybridized carbons (Fsp3) is 0.533. The van der Waals surface area contributed by atoms with Crippen molar-refractivity contribution in [3.63, 3.8) is 0 Å². The first kappa shape index (κ1) is 15.3. The van der Waals surface area contributed by atoms with E-state index in [0.29, 0.717) is 5.69 Å². The molecule has 0 N–H and O–H groups in total. The number of ketones is 3. The molecular weight excluding hydrogens is 242 g/mol. The van der Waals surface area contributed by atoms with Gasteiger partial charge in [0, 0.05) is 18.7 Å². The maximum Gasteiger partial charge on any atom is 0.183 e. The summed E-state index contributed by atoms with van der Waals surface area (Å²) in [5, 5.41) is 0. The Morgan fingerprint density at radius 1 is 1.16 bits per heavy atom. The molecule has 1 unspecified atom stereocenters. The van der Waals surface area contributed by atoms with Crippen LogP contribution >= 0.6 is 0 Å². The molecule has 1 aromatic heterocycles. The molecule has 0 fully saturated rings. The molecule has 0 bridgehead atoms. The number of nitrogens with zero attached hydrogens (tertiary/aromatic N) is 1. The molecule has 1 aromatic rings. The number of aryl methyl sites for hydroxylation is 1. The second-order valence-corrected chi connectivity index (χ2v) is 5.32. The Labute approximate surface area is 113 Å². The van der Waals surface area contributed by atoms with E-state index in [4.69, 9.17) is 0 Å². The van der Waals surface area contributed by atoms with Gasteiger partial charge in [-0.05, 0) is 39.8 Å². The summed E-state index contributed by atoms with van der Waals surface area (Å²) >= 11 is 0. The van der Waals surface area contributed by atoms with Crippen molar-refractivity contribution in [3.05, 3.63) is 23.5 Å². The Morgan fingerprint density at radius 3 is 1.95 bits per heavy atom. The van der Waals surface area contributed by atoms with Gasteiger partial charge in [-0.3, -0.25) is 14.4 Å². The van der Waals surface area contributed by atoms with Crippen LogP contribution in [0.1, 0.15) is 43.9 Å². The Bertz CT molecular complexity index is 526. The van der Waals surface area contributed by atoms with Gasteiger partial charge in [-0.2, -0.15) is 0 Å². The summed E-state index contributed by atoms with van der Waals surface area (Å²) in [5.74, 6) is -1.39. The van der Waals surface area contributed by atoms with Crippen LogP contribution in [0.25, 0.3) is 0 Å². The third kappa shape index (κ3) is 2.39. The van der Waals surface area contributed by atoms with Crippen LogP contribution in [0.3, 0.4) is 0 Å². The lowest BCUT2D eigenvalue weighted by Crippen LogP contribution is -2.43. The minimum atomic E-state index is -1.25. The van der Waals surface area contributed by atoms with Crippen LogP contribution in [0.5, 0.6) is 0 Å². The summed E-state index contributed by atoms with van der Waals surface area (Å²) < 4.78 is 1.78. The van der Waals surface area contributed by atoms with E-state index in [1.165, 1.54) is 13.8 Å². The van der Waals surface area contributed by atoms with E-state index in [2.05, 4.69) is 0 Å². The Kier molecular flexibility index (Phi) is 4.13. The number of carbonyl (C=O) groups is 3. The van der Waals surface area contributed by atoms with Crippen LogP contribution < -0.4 is 0 Å². The molecule has 0 aliphatic carbocycles. The first-order valence-corrected chi connectivity index (χ1v) is 6.32. The summed E-state index contributed by atoms with van der Waals surface area (Å²) in [7, 11) is 1.80. The molecule has 0 saturated carbocycles. The zero-order chi connectivity index (χ0) is 15.0. The maximum absolute atomic E-state index is 12.5. The third-order valence-corrected chi connectivity index (χ3v) is 4.35. The van der Waals surface area contributed by atoms with Gasteiger partial charge in [0.05, 0.1) is 11.1 Å². The van der Waals surface area contributed by atoms with E-state index in [1.54, 1.807) is 31.5 Å². The summed E-state index contributed by atoms with van der Waals surface area (Å²) in [6, 6.07) is 3.58. The van der Waals surface area contributed by atoms with E-state index in [1.807, 2.05) is 13.0 Å². The smallest absolute Gasteiger partial charge is 0.183 e. The number of carbonyl (C=O) groups excluding carboxylic acids is 3. The van der Waals surface area contributed by atoms with E-state index in [0.717, 1.165) is 5.69 Å². The van der Waals surface area contributed by atoms with Crippen molar-refractivity contribution in [2.24, 2.45) is 18.4 Å². The minimum absolute atomic E-state index is 0.177. The highest BCUT2D eigenvalue weighted by Crippen LogP contribution is 2.32. The highest BCUT2D eigenvalue weighted by molar-refractivity contribution is 6.11. The normalized spacial score (nSPS) is 13.2. The Balaban J connectivity index is 3.22. The standard InChI is InChI=1S/C15H21NO3/c1-9-7-8-13(16(9)6)14(19)10(2)15(5,11(3)17)12(4)18/h7-8,10H,1-6H3. The minimum Gasteiger partial charge on any atom is -0.346 e. The molecule has 0 spiro atoms. The van der Waals surface area contributed by atoms with Gasteiger partial charge in [0.15, 0.2) is 5.78 Å². The Morgan fingerprint density at radius 2 is 1.63 bits per heavy atom. The first-order chi connectivity index (χ1) is 8.63. The van der Waals surface area contributed by atoms with Gasteiger partial charge in [-0.15, -0.1) is 0 Å². The van der Waals surface area contributed by atoms with Crippen molar-refractivity contribution in [2.45, 2.75) is 34.6 Å². The summed E-state index contributed by atoms with van der Waals surface area (Å²) in [6.45, 7) is 7.82. The molecule has 1 rings (SSSR count). The summed E-state index contributed by atoms with van der Waals surface area (Å²) in [4.78, 5) is 36.1. The molecule has 0 aromatic carbocycles. The molecule has 0 amide bonds. The molecular formula is C15H21NO3. The SMILES string of the molecule is CC(=O)C(C)(C(C)=O)C(C)C(=O)c1ccc(C)n1C. The first-order valence-electron chi connectivity index (χ1n) is 6.32. The number of aromatic nitrogens is 1. The van der Waals surface area contributed by atoms with Crippen molar-refractivity contribution >= 4 is 17.3 Å². The highest BCUT2D eigenvalue weighted by atomic mass is 16.2. The van der Waals surface area contributed by atoms with Gasteiger partial charge in [0.25, 0.3) is 0 Å². The van der Waals surface area contributed by atoms with Gasteiger partial charge in [-0.1, -0.05) is 6.92 Å². The lowest BCUT2D eigenvalue weighted by molar-refractivity contribution is -0.139. The van der Waals surface area contributed by atoms with Gasteiger partial charge in [0.1, 0.15) is 11.6 Å². The van der Waals surface area contributed by atoms with Gasteiger partial charge in [0.2, 0.25) is 0 Å². The lowest BCUT2D eigenvalue weighted by Gasteiger charge is -2.29. The van der Waals surface area contributed by atoms with Crippen LogP contribution in [0.15, 0.2) is 12.1 Å². The van der Waals surface area contributed by atoms with Crippen LogP contribution in [0.2, 0.25) is 0 Å². The van der Waals surface area contributed by atoms with Gasteiger partial charge < -0.3 is 4.57 Å². The van der Waals surface area contributed by atoms with Crippen molar-refractivity contribution in [1.29, 1.82) is 0 Å². The van der Waals surface area contributed by atoms with Crippen LogP contribution in [0, 0.1) is 18.3 Å². The number of hydrogen-bond donors (Lipinski definition) is 0. The fourth-order valence-corrected chi connectivity index (χ4v) is 2.20. The molecule has 1 atom stereocenters. The molecule has 4 heteroatoms. The predicted molar refractivity (Wildman–Crippen MR) is 73.1 cm³/mol. The maximum atomic E-state index is 12.5. The third-order valence-electron chi connectivity index (χ3n) is 4.35. The second-order valence-electron chi connectivity index (χ2n) is 5.32. The van der Waals surface area contributed by atoms with Gasteiger partial charge in [-0.25, -0.2) is 0 Å². The topological polar surface area (TPSA) is 56.1 Å². The molecule has 104 valence electrons. The van der Waals surface area contributed by atoms with Crippen molar-refractivity contribution in [3.8, 4) is 0 Å². The van der Waals surface area contributed by atoms with Gasteiger partial charge >= 0.3 is 0 Å². The quantitative estimate of drug-likeness (QED) is 0.605. The monoisotopic (exact) mass is 263 g/mol. The average molecular weight is 263 g/mol. The van der Waals surface area contributed by atoms with Crippen LogP contribution in [-0.2, 0) is 16.6 Å². The predicted octanol–water partition coefficient (Wildman–Crippen LogP) is 2.34. The van der Waals surface area contributed by atoms with Crippen molar-refractivity contribution in [2.75, 3.05) is 0 Å². The second kappa shape index (κ2) is 5.11. The fourth-order valence-electron chi connectivity index (χ4n) is 2.20. The molecule has 0 radical (unpaired) electrons. The zero-order valence-corrected chi connectivity index (χ0v) is 12.4. The number of rotatable bonds is 5. The van der Waals surface area contributed by atoms with E-state index < -0.39 is 11.3 Å². The van der Waals surface area contributed by atoms with Crippen LogP contribution in [0.4, 0.5) is 0 Å². The van der Waals surface area contributed by atoms with E-state index in [9.17, 15) is 14.4 Å². The summed E-state index contributed by atoms with van der Waals surface area (Å²) in [5.41, 5.74) is 0.233. The zero-order valence-electron chi connectivity index (χ0n) is 12.4. The van der Waals surface area contributed by atoms with E-state index in [-0.39, 0.29) is 17.3 Å². The molecule has 4 nitrogen and oxygen atoms in total. The van der Waals surface area contributed by atoms with Crippen LogP contribution in [-0.4, -0.2) is 21.9 Å². The summed E-state index contributed by atoms with van der Waals surface area (Å²) in [6.07, 6.45) is 0.